The molecule has 4 nitrogen and oxygen atoms in total. The molecule has 0 unspecified atom stereocenters. The molecule has 0 aromatic heterocycles. The van der Waals surface area contributed by atoms with E-state index < -0.39 is 6.09 Å². The Hall–Kier alpha value is -1.84. The highest BCUT2D eigenvalue weighted by Gasteiger charge is 2.26. The number of carboxylic acid groups (broad SMARTS) is 1. The van der Waals surface area contributed by atoms with Crippen LogP contribution in [0.1, 0.15) is 34.3 Å². The van der Waals surface area contributed by atoms with Crippen LogP contribution in [0.3, 0.4) is 0 Å². The molecule has 1 aliphatic rings. The fourth-order valence-corrected chi connectivity index (χ4v) is 2.21. The Bertz CT molecular complexity index is 494. The summed E-state index contributed by atoms with van der Waals surface area (Å²) < 4.78 is 0. The molecule has 2 rings (SSSR count). The number of carbonyl (C=O) groups is 2. The molecule has 0 bridgehead atoms. The zero-order valence-corrected chi connectivity index (χ0v) is 9.99. The highest BCUT2D eigenvalue weighted by Crippen LogP contribution is 2.31. The van der Waals surface area contributed by atoms with E-state index >= 15 is 0 Å². The summed E-state index contributed by atoms with van der Waals surface area (Å²) in [5.74, 6) is 0.0341. The van der Waals surface area contributed by atoms with Gasteiger partial charge in [-0.05, 0) is 37.5 Å². The van der Waals surface area contributed by atoms with E-state index in [1.165, 1.54) is 4.90 Å². The van der Waals surface area contributed by atoms with E-state index in [-0.39, 0.29) is 5.78 Å². The summed E-state index contributed by atoms with van der Waals surface area (Å²) in [6, 6.07) is 3.61. The Morgan fingerprint density at radius 1 is 1.35 bits per heavy atom. The van der Waals surface area contributed by atoms with Gasteiger partial charge in [0.2, 0.25) is 0 Å². The van der Waals surface area contributed by atoms with Crippen molar-refractivity contribution in [2.24, 2.45) is 0 Å². The van der Waals surface area contributed by atoms with Gasteiger partial charge in [0, 0.05) is 18.5 Å². The number of hydrogen-bond acceptors (Lipinski definition) is 2. The van der Waals surface area contributed by atoms with Crippen LogP contribution in [-0.4, -0.2) is 23.5 Å². The molecule has 1 amide bonds. The molecule has 0 atom stereocenters. The number of rotatable bonds is 0. The summed E-state index contributed by atoms with van der Waals surface area (Å²) >= 11 is 0. The van der Waals surface area contributed by atoms with Crippen molar-refractivity contribution < 1.29 is 14.7 Å². The van der Waals surface area contributed by atoms with Crippen LogP contribution >= 0.6 is 0 Å². The molecule has 17 heavy (non-hydrogen) atoms. The molecule has 90 valence electrons. The molecule has 0 aliphatic carbocycles. The van der Waals surface area contributed by atoms with Gasteiger partial charge in [0.1, 0.15) is 0 Å². The lowest BCUT2D eigenvalue weighted by atomic mass is 9.99. The zero-order chi connectivity index (χ0) is 12.6. The normalized spacial score (nSPS) is 15.4. The van der Waals surface area contributed by atoms with Crippen molar-refractivity contribution >= 4 is 17.6 Å². The number of fused-ring (bicyclic) bond motifs is 1. The van der Waals surface area contributed by atoms with Crippen LogP contribution in [0.5, 0.6) is 0 Å². The molecular weight excluding hydrogens is 218 g/mol. The first kappa shape index (κ1) is 11.6. The van der Waals surface area contributed by atoms with Crippen LogP contribution < -0.4 is 4.90 Å². The van der Waals surface area contributed by atoms with Crippen molar-refractivity contribution in [3.63, 3.8) is 0 Å². The molecular formula is C13H15NO3. The summed E-state index contributed by atoms with van der Waals surface area (Å²) in [7, 11) is 0. The number of aryl methyl sites for hydroxylation is 1. The zero-order valence-electron chi connectivity index (χ0n) is 9.99. The highest BCUT2D eigenvalue weighted by molar-refractivity contribution is 6.06. The van der Waals surface area contributed by atoms with Gasteiger partial charge in [-0.15, -0.1) is 0 Å². The third kappa shape index (κ3) is 1.90. The third-order valence-electron chi connectivity index (χ3n) is 3.29. The predicted octanol–water partition coefficient (Wildman–Crippen LogP) is 2.76. The van der Waals surface area contributed by atoms with Gasteiger partial charge in [-0.3, -0.25) is 9.69 Å². The van der Waals surface area contributed by atoms with Gasteiger partial charge in [-0.1, -0.05) is 6.07 Å². The Labute approximate surface area is 99.9 Å². The molecule has 1 heterocycles. The van der Waals surface area contributed by atoms with Crippen LogP contribution in [0.4, 0.5) is 10.5 Å². The fraction of sp³-hybridized carbons (Fsp3) is 0.385. The maximum atomic E-state index is 11.9. The highest BCUT2D eigenvalue weighted by atomic mass is 16.4. The summed E-state index contributed by atoms with van der Waals surface area (Å²) in [6.07, 6.45) is 0.00654. The predicted molar refractivity (Wildman–Crippen MR) is 64.9 cm³/mol. The Morgan fingerprint density at radius 2 is 2.06 bits per heavy atom. The Balaban J connectivity index is 2.68. The minimum absolute atomic E-state index is 0.0341. The van der Waals surface area contributed by atoms with Gasteiger partial charge >= 0.3 is 6.09 Å². The van der Waals surface area contributed by atoms with Crippen LogP contribution in [-0.2, 0) is 0 Å². The van der Waals surface area contributed by atoms with Crippen molar-refractivity contribution in [1.29, 1.82) is 0 Å². The number of ketones is 1. The second kappa shape index (κ2) is 4.20. The maximum absolute atomic E-state index is 11.9. The minimum Gasteiger partial charge on any atom is -0.465 e. The molecule has 0 radical (unpaired) electrons. The number of benzene rings is 1. The molecule has 0 saturated carbocycles. The number of Topliss-reactive ketones (excluding diaryl/α,β-unsaturated/α-hetero) is 1. The van der Waals surface area contributed by atoms with Gasteiger partial charge in [0.15, 0.2) is 5.78 Å². The van der Waals surface area contributed by atoms with E-state index in [9.17, 15) is 14.7 Å². The lowest BCUT2D eigenvalue weighted by molar-refractivity contribution is 0.0983. The number of carbonyl (C=O) groups excluding carboxylic acids is 1. The summed E-state index contributed by atoms with van der Waals surface area (Å²) in [6.45, 7) is 4.17. The van der Waals surface area contributed by atoms with Gasteiger partial charge in [0.05, 0.1) is 5.69 Å². The van der Waals surface area contributed by atoms with Crippen molar-refractivity contribution in [3.8, 4) is 0 Å². The van der Waals surface area contributed by atoms with Crippen LogP contribution in [0.15, 0.2) is 12.1 Å². The monoisotopic (exact) mass is 233 g/mol. The first-order valence-electron chi connectivity index (χ1n) is 5.66. The molecule has 1 aromatic rings. The second-order valence-electron chi connectivity index (χ2n) is 4.36. The third-order valence-corrected chi connectivity index (χ3v) is 3.29. The van der Waals surface area contributed by atoms with E-state index in [4.69, 9.17) is 0 Å². The maximum Gasteiger partial charge on any atom is 0.411 e. The topological polar surface area (TPSA) is 57.6 Å². The SMILES string of the molecule is Cc1ccc2c(c1C)N(C(=O)O)CCCC2=O. The standard InChI is InChI=1S/C13H15NO3/c1-8-5-6-10-11(15)4-3-7-14(13(16)17)12(10)9(8)2/h5-6H,3-4,7H2,1-2H3,(H,16,17). The van der Waals surface area contributed by atoms with Crippen LogP contribution in [0.25, 0.3) is 0 Å². The van der Waals surface area contributed by atoms with Crippen molar-refractivity contribution in [2.45, 2.75) is 26.7 Å². The van der Waals surface area contributed by atoms with Crippen molar-refractivity contribution in [2.75, 3.05) is 11.4 Å². The molecule has 0 saturated heterocycles. The minimum atomic E-state index is -0.991. The Kier molecular flexibility index (Phi) is 2.88. The first-order valence-corrected chi connectivity index (χ1v) is 5.66. The van der Waals surface area contributed by atoms with Gasteiger partial charge < -0.3 is 5.11 Å². The first-order chi connectivity index (χ1) is 8.02. The van der Waals surface area contributed by atoms with E-state index in [2.05, 4.69) is 0 Å². The number of amides is 1. The average Bonchev–Trinajstić information content (AvgIpc) is 2.44. The smallest absolute Gasteiger partial charge is 0.411 e. The lowest BCUT2D eigenvalue weighted by Crippen LogP contribution is -2.30. The van der Waals surface area contributed by atoms with Crippen LogP contribution in [0, 0.1) is 13.8 Å². The quantitative estimate of drug-likeness (QED) is 0.749. The van der Waals surface area contributed by atoms with E-state index in [1.54, 1.807) is 6.07 Å². The van der Waals surface area contributed by atoms with Gasteiger partial charge in [-0.25, -0.2) is 4.79 Å². The van der Waals surface area contributed by atoms with Crippen LogP contribution in [0.2, 0.25) is 0 Å². The van der Waals surface area contributed by atoms with E-state index in [1.807, 2.05) is 19.9 Å². The molecule has 1 aromatic carbocycles. The lowest BCUT2D eigenvalue weighted by Gasteiger charge is -2.22. The molecule has 0 spiro atoms. The summed E-state index contributed by atoms with van der Waals surface area (Å²) in [5.41, 5.74) is 2.98. The van der Waals surface area contributed by atoms with Gasteiger partial charge in [0.25, 0.3) is 0 Å². The number of anilines is 1. The van der Waals surface area contributed by atoms with E-state index in [0.717, 1.165) is 11.1 Å². The second-order valence-corrected chi connectivity index (χ2v) is 4.36. The molecule has 4 heteroatoms. The summed E-state index contributed by atoms with van der Waals surface area (Å²) in [5, 5.41) is 9.23. The average molecular weight is 233 g/mol. The van der Waals surface area contributed by atoms with Crippen molar-refractivity contribution in [1.82, 2.24) is 0 Å². The number of nitrogens with zero attached hydrogens (tertiary/aromatic N) is 1. The van der Waals surface area contributed by atoms with E-state index in [0.29, 0.717) is 30.6 Å². The summed E-state index contributed by atoms with van der Waals surface area (Å²) in [4.78, 5) is 24.5. The van der Waals surface area contributed by atoms with Gasteiger partial charge in [-0.2, -0.15) is 0 Å². The number of hydrogen-bond donors (Lipinski definition) is 1. The molecule has 1 aliphatic heterocycles. The Morgan fingerprint density at radius 3 is 2.71 bits per heavy atom. The van der Waals surface area contributed by atoms with Crippen molar-refractivity contribution in [3.05, 3.63) is 28.8 Å². The molecule has 1 N–H and O–H groups in total. The molecule has 0 fully saturated rings. The largest absolute Gasteiger partial charge is 0.465 e. The fourth-order valence-electron chi connectivity index (χ4n) is 2.21.